The Morgan fingerprint density at radius 3 is 3.08 bits per heavy atom. The van der Waals surface area contributed by atoms with Gasteiger partial charge in [-0.2, -0.15) is 0 Å². The molecule has 1 unspecified atom stereocenters. The minimum atomic E-state index is -0.304. The first kappa shape index (κ1) is 16.6. The summed E-state index contributed by atoms with van der Waals surface area (Å²) >= 11 is 0. The van der Waals surface area contributed by atoms with Crippen LogP contribution in [0.4, 0.5) is 4.39 Å². The van der Waals surface area contributed by atoms with Crippen LogP contribution >= 0.6 is 0 Å². The summed E-state index contributed by atoms with van der Waals surface area (Å²) in [7, 11) is 1.35. The number of hydrogen-bond acceptors (Lipinski definition) is 6. The van der Waals surface area contributed by atoms with Crippen LogP contribution in [0.3, 0.4) is 0 Å². The smallest absolute Gasteiger partial charge is 0.308 e. The first-order chi connectivity index (χ1) is 11.7. The summed E-state index contributed by atoms with van der Waals surface area (Å²) in [5.41, 5.74) is 1.19. The van der Waals surface area contributed by atoms with Crippen molar-refractivity contribution >= 4 is 5.97 Å². The Bertz CT molecular complexity index is 690. The van der Waals surface area contributed by atoms with Gasteiger partial charge in [0.15, 0.2) is 0 Å². The number of methoxy groups -OCH3 is 1. The van der Waals surface area contributed by atoms with Crippen LogP contribution in [0.5, 0.6) is 0 Å². The molecule has 1 aliphatic heterocycles. The topological polar surface area (TPSA) is 64.8 Å². The van der Waals surface area contributed by atoms with Crippen molar-refractivity contribution in [2.75, 3.05) is 26.8 Å². The van der Waals surface area contributed by atoms with Crippen molar-refractivity contribution in [1.29, 1.82) is 0 Å². The number of benzene rings is 1. The minimum absolute atomic E-state index is 0.207. The second-order valence-corrected chi connectivity index (χ2v) is 5.65. The molecule has 0 bridgehead atoms. The molecule has 6 nitrogen and oxygen atoms in total. The van der Waals surface area contributed by atoms with Crippen LogP contribution in [0.1, 0.15) is 12.0 Å². The number of nitrogens with zero attached hydrogens (tertiary/aromatic N) is 2. The van der Waals surface area contributed by atoms with Crippen molar-refractivity contribution in [2.45, 2.75) is 19.1 Å². The summed E-state index contributed by atoms with van der Waals surface area (Å²) in [5, 5.41) is 0. The Morgan fingerprint density at radius 2 is 2.38 bits per heavy atom. The van der Waals surface area contributed by atoms with Crippen molar-refractivity contribution < 1.29 is 23.1 Å². The van der Waals surface area contributed by atoms with Crippen LogP contribution in [0.25, 0.3) is 11.5 Å². The van der Waals surface area contributed by atoms with E-state index < -0.39 is 0 Å². The zero-order valence-corrected chi connectivity index (χ0v) is 13.4. The summed E-state index contributed by atoms with van der Waals surface area (Å²) < 4.78 is 29.8. The Hall–Kier alpha value is -2.25. The van der Waals surface area contributed by atoms with E-state index in [1.54, 1.807) is 12.1 Å². The van der Waals surface area contributed by atoms with Crippen LogP contribution < -0.4 is 0 Å². The number of rotatable bonds is 5. The monoisotopic (exact) mass is 334 g/mol. The molecule has 0 spiro atoms. The Kier molecular flexibility index (Phi) is 5.22. The van der Waals surface area contributed by atoms with Gasteiger partial charge in [-0.15, -0.1) is 0 Å². The molecule has 2 heterocycles. The second-order valence-electron chi connectivity index (χ2n) is 5.65. The molecule has 24 heavy (non-hydrogen) atoms. The summed E-state index contributed by atoms with van der Waals surface area (Å²) in [5.74, 6) is -0.213. The van der Waals surface area contributed by atoms with Gasteiger partial charge in [0.25, 0.3) is 0 Å². The zero-order chi connectivity index (χ0) is 16.9. The lowest BCUT2D eigenvalue weighted by Gasteiger charge is -2.32. The van der Waals surface area contributed by atoms with E-state index in [-0.39, 0.29) is 24.3 Å². The standard InChI is InChI=1S/C17H19FN2O4/c1-22-16(21)9-14-11-20(5-7-23-14)10-13-3-2-12(8-15(13)18)17-19-4-6-24-17/h2-4,6,8,14H,5,7,9-11H2,1H3. The molecule has 7 heteroatoms. The first-order valence-electron chi connectivity index (χ1n) is 7.75. The van der Waals surface area contributed by atoms with E-state index in [0.717, 1.165) is 0 Å². The minimum Gasteiger partial charge on any atom is -0.469 e. The molecule has 1 fully saturated rings. The summed E-state index contributed by atoms with van der Waals surface area (Å²) in [6, 6.07) is 4.95. The third kappa shape index (κ3) is 3.98. The van der Waals surface area contributed by atoms with Gasteiger partial charge in [-0.3, -0.25) is 9.69 Å². The third-order valence-electron chi connectivity index (χ3n) is 3.97. The first-order valence-corrected chi connectivity index (χ1v) is 7.75. The van der Waals surface area contributed by atoms with Gasteiger partial charge in [0.1, 0.15) is 12.1 Å². The van der Waals surface area contributed by atoms with E-state index in [4.69, 9.17) is 9.15 Å². The number of morpholine rings is 1. The Labute approximate surface area is 139 Å². The molecular weight excluding hydrogens is 315 g/mol. The van der Waals surface area contributed by atoms with E-state index in [1.165, 1.54) is 25.6 Å². The fourth-order valence-electron chi connectivity index (χ4n) is 2.73. The van der Waals surface area contributed by atoms with Crippen LogP contribution in [0.2, 0.25) is 0 Å². The fraction of sp³-hybridized carbons (Fsp3) is 0.412. The van der Waals surface area contributed by atoms with Crippen molar-refractivity contribution in [1.82, 2.24) is 9.88 Å². The fourth-order valence-corrected chi connectivity index (χ4v) is 2.73. The van der Waals surface area contributed by atoms with Gasteiger partial charge in [-0.25, -0.2) is 9.37 Å². The van der Waals surface area contributed by atoms with Crippen LogP contribution in [-0.4, -0.2) is 48.8 Å². The van der Waals surface area contributed by atoms with Crippen molar-refractivity contribution in [2.24, 2.45) is 0 Å². The lowest BCUT2D eigenvalue weighted by atomic mass is 10.1. The molecule has 1 aliphatic rings. The van der Waals surface area contributed by atoms with Gasteiger partial charge in [-0.1, -0.05) is 6.07 Å². The number of oxazole rings is 1. The summed E-state index contributed by atoms with van der Waals surface area (Å²) in [6.45, 7) is 2.23. The molecule has 2 aromatic rings. The van der Waals surface area contributed by atoms with E-state index in [2.05, 4.69) is 14.6 Å². The number of carbonyl (C=O) groups is 1. The lowest BCUT2D eigenvalue weighted by molar-refractivity contribution is -0.145. The van der Waals surface area contributed by atoms with E-state index in [9.17, 15) is 9.18 Å². The SMILES string of the molecule is COC(=O)CC1CN(Cc2ccc(-c3ncco3)cc2F)CCO1. The van der Waals surface area contributed by atoms with Gasteiger partial charge in [-0.05, 0) is 12.1 Å². The largest absolute Gasteiger partial charge is 0.469 e. The molecule has 1 aromatic carbocycles. The van der Waals surface area contributed by atoms with Crippen LogP contribution in [0, 0.1) is 5.82 Å². The highest BCUT2D eigenvalue weighted by atomic mass is 19.1. The quantitative estimate of drug-likeness (QED) is 0.782. The maximum absolute atomic E-state index is 14.4. The summed E-state index contributed by atoms with van der Waals surface area (Å²) in [6.07, 6.45) is 2.96. The van der Waals surface area contributed by atoms with Crippen LogP contribution in [-0.2, 0) is 20.8 Å². The predicted molar refractivity (Wildman–Crippen MR) is 83.5 cm³/mol. The van der Waals surface area contributed by atoms with Crippen molar-refractivity contribution in [3.8, 4) is 11.5 Å². The maximum Gasteiger partial charge on any atom is 0.308 e. The van der Waals surface area contributed by atoms with E-state index in [0.29, 0.717) is 43.3 Å². The highest BCUT2D eigenvalue weighted by Crippen LogP contribution is 2.22. The molecule has 128 valence electrons. The number of carbonyl (C=O) groups excluding carboxylic acids is 1. The summed E-state index contributed by atoms with van der Waals surface area (Å²) in [4.78, 5) is 17.4. The molecule has 0 aliphatic carbocycles. The normalized spacial score (nSPS) is 18.5. The van der Waals surface area contributed by atoms with Gasteiger partial charge < -0.3 is 13.9 Å². The number of hydrogen-bond donors (Lipinski definition) is 0. The molecule has 3 rings (SSSR count). The lowest BCUT2D eigenvalue weighted by Crippen LogP contribution is -2.43. The van der Waals surface area contributed by atoms with Crippen LogP contribution in [0.15, 0.2) is 35.1 Å². The number of halogens is 1. The number of aromatic nitrogens is 1. The maximum atomic E-state index is 14.4. The molecule has 1 atom stereocenters. The van der Waals surface area contributed by atoms with Gasteiger partial charge in [0.2, 0.25) is 5.89 Å². The molecule has 1 aromatic heterocycles. The molecule has 0 N–H and O–H groups in total. The number of ether oxygens (including phenoxy) is 2. The van der Waals surface area contributed by atoms with Crippen molar-refractivity contribution in [3.63, 3.8) is 0 Å². The molecule has 0 saturated carbocycles. The number of esters is 1. The van der Waals surface area contributed by atoms with Gasteiger partial charge in [0, 0.05) is 30.8 Å². The predicted octanol–water partition coefficient (Wildman–Crippen LogP) is 2.24. The zero-order valence-electron chi connectivity index (χ0n) is 13.4. The average molecular weight is 334 g/mol. The average Bonchev–Trinajstić information content (AvgIpc) is 3.11. The van der Waals surface area contributed by atoms with Gasteiger partial charge >= 0.3 is 5.97 Å². The third-order valence-corrected chi connectivity index (χ3v) is 3.97. The molecule has 1 saturated heterocycles. The highest BCUT2D eigenvalue weighted by molar-refractivity contribution is 5.69. The highest BCUT2D eigenvalue weighted by Gasteiger charge is 2.24. The van der Waals surface area contributed by atoms with E-state index >= 15 is 0 Å². The Morgan fingerprint density at radius 1 is 1.50 bits per heavy atom. The van der Waals surface area contributed by atoms with Gasteiger partial charge in [0.05, 0.1) is 32.4 Å². The van der Waals surface area contributed by atoms with E-state index in [1.807, 2.05) is 0 Å². The Balaban J connectivity index is 1.64. The molecule has 0 radical (unpaired) electrons. The second kappa shape index (κ2) is 7.55. The molecular formula is C17H19FN2O4. The molecule has 0 amide bonds. The van der Waals surface area contributed by atoms with Crippen molar-refractivity contribution in [3.05, 3.63) is 42.0 Å².